The fourth-order valence-electron chi connectivity index (χ4n) is 2.86. The molecule has 7 nitrogen and oxygen atoms in total. The lowest BCUT2D eigenvalue weighted by molar-refractivity contribution is 0.0864. The number of hydrogen-bond acceptors (Lipinski definition) is 5. The van der Waals surface area contributed by atoms with E-state index in [4.69, 9.17) is 15.9 Å². The number of aromatic nitrogens is 1. The van der Waals surface area contributed by atoms with Gasteiger partial charge in [0.2, 0.25) is 0 Å². The van der Waals surface area contributed by atoms with Crippen LogP contribution in [0.5, 0.6) is 10.8 Å². The number of amides is 1. The van der Waals surface area contributed by atoms with Crippen LogP contribution in [0.15, 0.2) is 36.4 Å². The molecule has 3 rings (SSSR count). The Bertz CT molecular complexity index is 990. The summed E-state index contributed by atoms with van der Waals surface area (Å²) in [4.78, 5) is 20.1. The number of aromatic amines is 1. The average molecular weight is 400 g/mol. The van der Waals surface area contributed by atoms with Crippen molar-refractivity contribution in [3.63, 3.8) is 0 Å². The van der Waals surface area contributed by atoms with Crippen LogP contribution in [0.4, 0.5) is 0 Å². The quantitative estimate of drug-likeness (QED) is 0.415. The van der Waals surface area contributed by atoms with Gasteiger partial charge in [0, 0.05) is 35.4 Å². The van der Waals surface area contributed by atoms with Crippen molar-refractivity contribution in [2.75, 3.05) is 20.1 Å². The van der Waals surface area contributed by atoms with Gasteiger partial charge >= 0.3 is 0 Å². The Morgan fingerprint density at radius 2 is 1.96 bits per heavy atom. The van der Waals surface area contributed by atoms with E-state index in [1.807, 2.05) is 24.3 Å². The van der Waals surface area contributed by atoms with Crippen molar-refractivity contribution in [3.8, 4) is 10.8 Å². The minimum atomic E-state index is -0.356. The van der Waals surface area contributed by atoms with Gasteiger partial charge < -0.3 is 15.5 Å². The molecule has 8 heteroatoms. The van der Waals surface area contributed by atoms with Gasteiger partial charge in [0.05, 0.1) is 0 Å². The van der Waals surface area contributed by atoms with E-state index in [0.29, 0.717) is 11.4 Å². The van der Waals surface area contributed by atoms with E-state index in [1.54, 1.807) is 17.4 Å². The maximum atomic E-state index is 12.3. The van der Waals surface area contributed by atoms with Crippen molar-refractivity contribution in [2.45, 2.75) is 20.4 Å². The second-order valence-corrected chi connectivity index (χ2v) is 7.60. The van der Waals surface area contributed by atoms with Crippen LogP contribution < -0.4 is 10.5 Å². The highest BCUT2D eigenvalue weighted by Crippen LogP contribution is 2.32. The fourth-order valence-corrected chi connectivity index (χ4v) is 3.77. The molecule has 0 aliphatic heterocycles. The molecule has 4 N–H and O–H groups in total. The van der Waals surface area contributed by atoms with E-state index in [2.05, 4.69) is 29.8 Å². The molecule has 0 spiro atoms. The molecule has 0 saturated carbocycles. The van der Waals surface area contributed by atoms with Gasteiger partial charge in [-0.1, -0.05) is 13.8 Å². The topological polar surface area (TPSA) is 98.4 Å². The largest absolute Gasteiger partial charge is 0.447 e. The van der Waals surface area contributed by atoms with Crippen LogP contribution in [-0.2, 0) is 6.54 Å². The molecule has 0 aliphatic rings. The maximum absolute atomic E-state index is 12.3. The number of carbonyl (C=O) groups excluding carboxylic acids is 1. The number of nitrogens with two attached hydrogens (primary N) is 1. The number of nitrogens with zero attached hydrogens (tertiary/aromatic N) is 2. The summed E-state index contributed by atoms with van der Waals surface area (Å²) in [5.41, 5.74) is 6.55. The zero-order chi connectivity index (χ0) is 20.3. The molecular weight excluding hydrogens is 374 g/mol. The molecule has 0 radical (unpaired) electrons. The highest BCUT2D eigenvalue weighted by atomic mass is 32.1. The lowest BCUT2D eigenvalue weighted by atomic mass is 10.2. The second kappa shape index (κ2) is 8.45. The number of ether oxygens (including phenoxy) is 1. The summed E-state index contributed by atoms with van der Waals surface area (Å²) >= 11 is 1.64. The SMILES string of the molecule is CCN(CC)Cc1ccc(Oc2ccc3cc(C(=O)N(C)C(=N)N)[nH]c3c2)s1. The van der Waals surface area contributed by atoms with Gasteiger partial charge in [-0.3, -0.25) is 20.0 Å². The van der Waals surface area contributed by atoms with Crippen LogP contribution in [0.25, 0.3) is 10.9 Å². The molecule has 0 fully saturated rings. The van der Waals surface area contributed by atoms with Crippen molar-refractivity contribution < 1.29 is 9.53 Å². The van der Waals surface area contributed by atoms with E-state index in [0.717, 1.165) is 40.5 Å². The smallest absolute Gasteiger partial charge is 0.276 e. The molecule has 0 atom stereocenters. The average Bonchev–Trinajstić information content (AvgIpc) is 3.31. The fraction of sp³-hybridized carbons (Fsp3) is 0.300. The number of fused-ring (bicyclic) bond motifs is 1. The zero-order valence-electron chi connectivity index (χ0n) is 16.3. The van der Waals surface area contributed by atoms with E-state index in [1.165, 1.54) is 11.9 Å². The van der Waals surface area contributed by atoms with Crippen molar-refractivity contribution >= 4 is 34.1 Å². The first-order valence-corrected chi connectivity index (χ1v) is 9.96. The molecule has 2 heterocycles. The Kier molecular flexibility index (Phi) is 6.01. The highest BCUT2D eigenvalue weighted by molar-refractivity contribution is 7.13. The van der Waals surface area contributed by atoms with E-state index >= 15 is 0 Å². The Labute approximate surface area is 168 Å². The lowest BCUT2D eigenvalue weighted by Crippen LogP contribution is -2.38. The third-order valence-corrected chi connectivity index (χ3v) is 5.57. The number of rotatable bonds is 7. The Balaban J connectivity index is 1.75. The van der Waals surface area contributed by atoms with E-state index < -0.39 is 0 Å². The van der Waals surface area contributed by atoms with E-state index in [-0.39, 0.29) is 11.9 Å². The molecule has 0 saturated heterocycles. The van der Waals surface area contributed by atoms with Crippen LogP contribution in [0, 0.1) is 5.41 Å². The van der Waals surface area contributed by atoms with Crippen LogP contribution in [-0.4, -0.2) is 46.8 Å². The van der Waals surface area contributed by atoms with Crippen molar-refractivity contribution in [1.29, 1.82) is 5.41 Å². The number of carbonyl (C=O) groups is 1. The van der Waals surface area contributed by atoms with Gasteiger partial charge in [-0.25, -0.2) is 0 Å². The summed E-state index contributed by atoms with van der Waals surface area (Å²) in [6, 6.07) is 11.5. The highest BCUT2D eigenvalue weighted by Gasteiger charge is 2.16. The standard InChI is InChI=1S/C20H25N5O2S/c1-4-25(5-2)12-15-8-9-18(28-15)27-14-7-6-13-10-17(23-16(13)11-14)19(26)24(3)20(21)22/h6-11,23H,4-5,12H2,1-3H3,(H3,21,22). The lowest BCUT2D eigenvalue weighted by Gasteiger charge is -2.16. The van der Waals surface area contributed by atoms with Gasteiger partial charge in [0.1, 0.15) is 11.4 Å². The van der Waals surface area contributed by atoms with Crippen molar-refractivity contribution in [1.82, 2.24) is 14.8 Å². The van der Waals surface area contributed by atoms with Gasteiger partial charge in [-0.05, 0) is 43.4 Å². The van der Waals surface area contributed by atoms with Crippen LogP contribution >= 0.6 is 11.3 Å². The number of guanidine groups is 1. The third-order valence-electron chi connectivity index (χ3n) is 4.62. The second-order valence-electron chi connectivity index (χ2n) is 6.47. The Morgan fingerprint density at radius 1 is 1.21 bits per heavy atom. The molecule has 148 valence electrons. The summed E-state index contributed by atoms with van der Waals surface area (Å²) in [5, 5.41) is 9.11. The Hall–Kier alpha value is -2.84. The summed E-state index contributed by atoms with van der Waals surface area (Å²) in [6.07, 6.45) is 0. The first-order chi connectivity index (χ1) is 13.4. The molecule has 0 unspecified atom stereocenters. The number of H-pyrrole nitrogens is 1. The monoisotopic (exact) mass is 399 g/mol. The number of benzene rings is 1. The normalized spacial score (nSPS) is 11.1. The van der Waals surface area contributed by atoms with Gasteiger partial charge in [0.15, 0.2) is 11.0 Å². The molecule has 0 aliphatic carbocycles. The van der Waals surface area contributed by atoms with E-state index in [9.17, 15) is 4.79 Å². The molecule has 1 amide bonds. The van der Waals surface area contributed by atoms with Gasteiger partial charge in [0.25, 0.3) is 5.91 Å². The summed E-state index contributed by atoms with van der Waals surface area (Å²) < 4.78 is 6.00. The summed E-state index contributed by atoms with van der Waals surface area (Å²) in [7, 11) is 1.47. The van der Waals surface area contributed by atoms with Crippen molar-refractivity contribution in [3.05, 3.63) is 47.0 Å². The molecule has 3 aromatic rings. The van der Waals surface area contributed by atoms with Crippen molar-refractivity contribution in [2.24, 2.45) is 5.73 Å². The van der Waals surface area contributed by atoms with Gasteiger partial charge in [-0.15, -0.1) is 11.3 Å². The molecule has 2 aromatic heterocycles. The summed E-state index contributed by atoms with van der Waals surface area (Å²) in [6.45, 7) is 7.29. The molecule has 0 bridgehead atoms. The van der Waals surface area contributed by atoms with Crippen LogP contribution in [0.3, 0.4) is 0 Å². The molecule has 1 aromatic carbocycles. The predicted molar refractivity (Wildman–Crippen MR) is 113 cm³/mol. The molecule has 28 heavy (non-hydrogen) atoms. The third kappa shape index (κ3) is 4.35. The number of nitrogens with one attached hydrogen (secondary N) is 2. The molecular formula is C20H25N5O2S. The maximum Gasteiger partial charge on any atom is 0.276 e. The number of thiophene rings is 1. The minimum absolute atomic E-state index is 0.300. The zero-order valence-corrected chi connectivity index (χ0v) is 17.1. The predicted octanol–water partition coefficient (Wildman–Crippen LogP) is 3.83. The summed E-state index contributed by atoms with van der Waals surface area (Å²) in [5.74, 6) is 0.0425. The first-order valence-electron chi connectivity index (χ1n) is 9.15. The first kappa shape index (κ1) is 19.9. The van der Waals surface area contributed by atoms with Crippen LogP contribution in [0.2, 0.25) is 0 Å². The minimum Gasteiger partial charge on any atom is -0.447 e. The number of hydrogen-bond donors (Lipinski definition) is 3. The van der Waals surface area contributed by atoms with Gasteiger partial charge in [-0.2, -0.15) is 0 Å². The van der Waals surface area contributed by atoms with Crippen LogP contribution in [0.1, 0.15) is 29.2 Å². The Morgan fingerprint density at radius 3 is 2.64 bits per heavy atom.